The van der Waals surface area contributed by atoms with E-state index in [0.717, 1.165) is 32.6 Å². The van der Waals surface area contributed by atoms with Crippen LogP contribution in [0.5, 0.6) is 0 Å². The Hall–Kier alpha value is -1.14. The Balaban J connectivity index is 1.62. The van der Waals surface area contributed by atoms with Crippen LogP contribution in [0.1, 0.15) is 22.3 Å². The van der Waals surface area contributed by atoms with E-state index in [1.807, 2.05) is 29.4 Å². The van der Waals surface area contributed by atoms with E-state index in [4.69, 9.17) is 23.2 Å². The van der Waals surface area contributed by atoms with Gasteiger partial charge in [0.2, 0.25) is 0 Å². The molecular formula is C16H17Cl2N3OS. The summed E-state index contributed by atoms with van der Waals surface area (Å²) in [5.41, 5.74) is 1.76. The van der Waals surface area contributed by atoms with E-state index in [0.29, 0.717) is 20.8 Å². The van der Waals surface area contributed by atoms with Gasteiger partial charge in [0.15, 0.2) is 0 Å². The molecule has 0 N–H and O–H groups in total. The van der Waals surface area contributed by atoms with Gasteiger partial charge in [-0.3, -0.25) is 14.7 Å². The number of hydrogen-bond acceptors (Lipinski definition) is 4. The van der Waals surface area contributed by atoms with Gasteiger partial charge in [0.25, 0.3) is 5.91 Å². The standard InChI is InChI=1S/C16H17Cl2N3OS/c17-14-10-13(15(18)23-14)16(22)21-7-1-6-20(8-9-21)11-12-2-4-19-5-3-12/h2-5,10H,1,6-9,11H2. The zero-order valence-corrected chi connectivity index (χ0v) is 14.9. The van der Waals surface area contributed by atoms with Crippen LogP contribution in [0.25, 0.3) is 0 Å². The van der Waals surface area contributed by atoms with Crippen molar-refractivity contribution in [1.29, 1.82) is 0 Å². The monoisotopic (exact) mass is 369 g/mol. The van der Waals surface area contributed by atoms with Gasteiger partial charge < -0.3 is 4.90 Å². The highest BCUT2D eigenvalue weighted by Crippen LogP contribution is 2.32. The predicted molar refractivity (Wildman–Crippen MR) is 94.4 cm³/mol. The molecule has 2 aromatic heterocycles. The summed E-state index contributed by atoms with van der Waals surface area (Å²) in [4.78, 5) is 20.9. The number of amides is 1. The normalized spacial score (nSPS) is 16.3. The molecule has 1 aliphatic heterocycles. The molecule has 0 aromatic carbocycles. The molecule has 3 rings (SSSR count). The van der Waals surface area contributed by atoms with Gasteiger partial charge in [-0.1, -0.05) is 23.2 Å². The van der Waals surface area contributed by atoms with E-state index < -0.39 is 0 Å². The van der Waals surface area contributed by atoms with Gasteiger partial charge in [0.1, 0.15) is 4.34 Å². The van der Waals surface area contributed by atoms with Crippen molar-refractivity contribution >= 4 is 40.4 Å². The minimum atomic E-state index is -0.0242. The van der Waals surface area contributed by atoms with Crippen LogP contribution in [0.4, 0.5) is 0 Å². The smallest absolute Gasteiger partial charge is 0.256 e. The van der Waals surface area contributed by atoms with Gasteiger partial charge >= 0.3 is 0 Å². The third-order valence-electron chi connectivity index (χ3n) is 3.92. The van der Waals surface area contributed by atoms with E-state index >= 15 is 0 Å². The fraction of sp³-hybridized carbons (Fsp3) is 0.375. The van der Waals surface area contributed by atoms with Crippen molar-refractivity contribution in [3.8, 4) is 0 Å². The molecule has 1 saturated heterocycles. The maximum Gasteiger partial charge on any atom is 0.256 e. The first-order valence-corrected chi connectivity index (χ1v) is 9.06. The van der Waals surface area contributed by atoms with E-state index in [-0.39, 0.29) is 5.91 Å². The molecule has 23 heavy (non-hydrogen) atoms. The van der Waals surface area contributed by atoms with Crippen molar-refractivity contribution < 1.29 is 4.79 Å². The molecule has 0 saturated carbocycles. The number of carbonyl (C=O) groups is 1. The highest BCUT2D eigenvalue weighted by molar-refractivity contribution is 7.20. The molecule has 122 valence electrons. The number of carbonyl (C=O) groups excluding carboxylic acids is 1. The summed E-state index contributed by atoms with van der Waals surface area (Å²) in [5, 5.41) is 0. The Labute approximate surface area is 149 Å². The van der Waals surface area contributed by atoms with E-state index in [1.54, 1.807) is 6.07 Å². The fourth-order valence-electron chi connectivity index (χ4n) is 2.73. The zero-order valence-electron chi connectivity index (χ0n) is 12.5. The minimum absolute atomic E-state index is 0.0242. The Morgan fingerprint density at radius 3 is 2.65 bits per heavy atom. The van der Waals surface area contributed by atoms with Crippen LogP contribution < -0.4 is 0 Å². The number of pyridine rings is 1. The molecule has 0 bridgehead atoms. The third kappa shape index (κ3) is 4.23. The minimum Gasteiger partial charge on any atom is -0.337 e. The van der Waals surface area contributed by atoms with Gasteiger partial charge in [0, 0.05) is 45.1 Å². The topological polar surface area (TPSA) is 36.4 Å². The second-order valence-corrected chi connectivity index (χ2v) is 7.80. The summed E-state index contributed by atoms with van der Waals surface area (Å²) in [6.07, 6.45) is 4.57. The second kappa shape index (κ2) is 7.62. The quantitative estimate of drug-likeness (QED) is 0.825. The number of nitrogens with zero attached hydrogens (tertiary/aromatic N) is 3. The first kappa shape index (κ1) is 16.7. The van der Waals surface area contributed by atoms with Gasteiger partial charge in [-0.05, 0) is 30.2 Å². The summed E-state index contributed by atoms with van der Waals surface area (Å²) in [5.74, 6) is -0.0242. The predicted octanol–water partition coefficient (Wildman–Crippen LogP) is 3.80. The molecule has 7 heteroatoms. The first-order valence-electron chi connectivity index (χ1n) is 7.49. The lowest BCUT2D eigenvalue weighted by atomic mass is 10.2. The third-order valence-corrected chi connectivity index (χ3v) is 5.41. The summed E-state index contributed by atoms with van der Waals surface area (Å²) < 4.78 is 1.02. The van der Waals surface area contributed by atoms with Crippen LogP contribution in [0, 0.1) is 0 Å². The van der Waals surface area contributed by atoms with Crippen LogP contribution in [-0.4, -0.2) is 46.9 Å². The number of aromatic nitrogens is 1. The molecule has 0 atom stereocenters. The molecule has 1 amide bonds. The Morgan fingerprint density at radius 2 is 1.96 bits per heavy atom. The Morgan fingerprint density at radius 1 is 1.17 bits per heavy atom. The zero-order chi connectivity index (χ0) is 16.2. The summed E-state index contributed by atoms with van der Waals surface area (Å²) in [6.45, 7) is 4.16. The lowest BCUT2D eigenvalue weighted by molar-refractivity contribution is 0.0762. The van der Waals surface area contributed by atoms with Crippen LogP contribution in [0.15, 0.2) is 30.6 Å². The van der Waals surface area contributed by atoms with Crippen LogP contribution in [0.2, 0.25) is 8.67 Å². The number of thiophene rings is 1. The SMILES string of the molecule is O=C(c1cc(Cl)sc1Cl)N1CCCN(Cc2ccncc2)CC1. The molecule has 3 heterocycles. The van der Waals surface area contributed by atoms with Crippen molar-refractivity contribution in [2.75, 3.05) is 26.2 Å². The fourth-order valence-corrected chi connectivity index (χ4v) is 4.18. The molecular weight excluding hydrogens is 353 g/mol. The molecule has 2 aromatic rings. The average Bonchev–Trinajstić information content (AvgIpc) is 2.74. The van der Waals surface area contributed by atoms with Crippen LogP contribution in [0.3, 0.4) is 0 Å². The maximum absolute atomic E-state index is 12.6. The van der Waals surface area contributed by atoms with Gasteiger partial charge in [0.05, 0.1) is 9.90 Å². The molecule has 1 aliphatic rings. The average molecular weight is 370 g/mol. The van der Waals surface area contributed by atoms with Crippen molar-refractivity contribution in [2.45, 2.75) is 13.0 Å². The van der Waals surface area contributed by atoms with E-state index in [9.17, 15) is 4.79 Å². The molecule has 0 radical (unpaired) electrons. The van der Waals surface area contributed by atoms with E-state index in [2.05, 4.69) is 9.88 Å². The Bertz CT molecular complexity index is 677. The summed E-state index contributed by atoms with van der Waals surface area (Å²) in [7, 11) is 0. The van der Waals surface area contributed by atoms with Crippen molar-refractivity contribution in [2.24, 2.45) is 0 Å². The number of halogens is 2. The first-order chi connectivity index (χ1) is 11.1. The molecule has 0 unspecified atom stereocenters. The van der Waals surface area contributed by atoms with Crippen molar-refractivity contribution in [1.82, 2.24) is 14.8 Å². The lowest BCUT2D eigenvalue weighted by Crippen LogP contribution is -2.35. The maximum atomic E-state index is 12.6. The van der Waals surface area contributed by atoms with Crippen LogP contribution in [-0.2, 0) is 6.54 Å². The highest BCUT2D eigenvalue weighted by Gasteiger charge is 2.23. The lowest BCUT2D eigenvalue weighted by Gasteiger charge is -2.22. The largest absolute Gasteiger partial charge is 0.337 e. The van der Waals surface area contributed by atoms with Crippen molar-refractivity contribution in [3.05, 3.63) is 50.4 Å². The molecule has 4 nitrogen and oxygen atoms in total. The van der Waals surface area contributed by atoms with Crippen molar-refractivity contribution in [3.63, 3.8) is 0 Å². The molecule has 0 aliphatic carbocycles. The number of rotatable bonds is 3. The van der Waals surface area contributed by atoms with Gasteiger partial charge in [-0.25, -0.2) is 0 Å². The summed E-state index contributed by atoms with van der Waals surface area (Å²) in [6, 6.07) is 5.72. The molecule has 1 fully saturated rings. The number of hydrogen-bond donors (Lipinski definition) is 0. The Kier molecular flexibility index (Phi) is 5.54. The second-order valence-electron chi connectivity index (χ2n) is 5.52. The van der Waals surface area contributed by atoms with Gasteiger partial charge in [-0.15, -0.1) is 11.3 Å². The van der Waals surface area contributed by atoms with Gasteiger partial charge in [-0.2, -0.15) is 0 Å². The highest BCUT2D eigenvalue weighted by atomic mass is 35.5. The molecule has 0 spiro atoms. The van der Waals surface area contributed by atoms with E-state index in [1.165, 1.54) is 16.9 Å². The summed E-state index contributed by atoms with van der Waals surface area (Å²) >= 11 is 13.3. The van der Waals surface area contributed by atoms with Crippen LogP contribution >= 0.6 is 34.5 Å².